The predicted molar refractivity (Wildman–Crippen MR) is 74.8 cm³/mol. The molecule has 0 aromatic heterocycles. The van der Waals surface area contributed by atoms with Gasteiger partial charge in [0, 0.05) is 6.04 Å². The Kier molecular flexibility index (Phi) is 4.98. The van der Waals surface area contributed by atoms with Gasteiger partial charge in [-0.15, -0.1) is 0 Å². The van der Waals surface area contributed by atoms with Crippen LogP contribution in [0.25, 0.3) is 0 Å². The highest BCUT2D eigenvalue weighted by molar-refractivity contribution is 5.67. The summed E-state index contributed by atoms with van der Waals surface area (Å²) in [4.78, 5) is 11.8. The molecule has 0 saturated carbocycles. The second-order valence-corrected chi connectivity index (χ2v) is 4.65. The Morgan fingerprint density at radius 2 is 1.89 bits per heavy atom. The summed E-state index contributed by atoms with van der Waals surface area (Å²) in [5, 5.41) is 6.13. The molecule has 19 heavy (non-hydrogen) atoms. The third kappa shape index (κ3) is 4.10. The maximum Gasteiger partial charge on any atom is 0.407 e. The van der Waals surface area contributed by atoms with Crippen LogP contribution in [0.15, 0.2) is 42.5 Å². The molecule has 0 unspecified atom stereocenters. The molecule has 1 amide bonds. The lowest BCUT2D eigenvalue weighted by molar-refractivity contribution is 0.133. The summed E-state index contributed by atoms with van der Waals surface area (Å²) in [5.41, 5.74) is 0.992. The molecule has 4 heteroatoms. The van der Waals surface area contributed by atoms with Crippen molar-refractivity contribution in [2.24, 2.45) is 0 Å². The molecule has 1 aromatic carbocycles. The van der Waals surface area contributed by atoms with Gasteiger partial charge in [-0.25, -0.2) is 4.79 Å². The number of hydrogen-bond acceptors (Lipinski definition) is 3. The largest absolute Gasteiger partial charge is 0.445 e. The number of benzene rings is 1. The lowest BCUT2D eigenvalue weighted by Gasteiger charge is -2.28. The monoisotopic (exact) mass is 260 g/mol. The molecular formula is C15H20N2O2. The molecule has 0 bridgehead atoms. The van der Waals surface area contributed by atoms with E-state index in [1.807, 2.05) is 37.4 Å². The second-order valence-electron chi connectivity index (χ2n) is 4.65. The van der Waals surface area contributed by atoms with Gasteiger partial charge in [0.2, 0.25) is 0 Å². The zero-order chi connectivity index (χ0) is 13.5. The van der Waals surface area contributed by atoms with Crippen LogP contribution in [0.4, 0.5) is 4.79 Å². The first-order valence-corrected chi connectivity index (χ1v) is 6.59. The minimum Gasteiger partial charge on any atom is -0.445 e. The SMILES string of the molecule is CN[C@@H]1CC=CC[C@@H]1NC(=O)OCc1ccccc1. The summed E-state index contributed by atoms with van der Waals surface area (Å²) in [6, 6.07) is 10.0. The molecule has 4 nitrogen and oxygen atoms in total. The number of carbonyl (C=O) groups is 1. The van der Waals surface area contributed by atoms with Crippen LogP contribution < -0.4 is 10.6 Å². The van der Waals surface area contributed by atoms with Gasteiger partial charge in [-0.2, -0.15) is 0 Å². The van der Waals surface area contributed by atoms with Gasteiger partial charge >= 0.3 is 6.09 Å². The number of alkyl carbamates (subject to hydrolysis) is 1. The number of nitrogens with one attached hydrogen (secondary N) is 2. The molecule has 2 rings (SSSR count). The van der Waals surface area contributed by atoms with Crippen LogP contribution in [-0.4, -0.2) is 25.2 Å². The fraction of sp³-hybridized carbons (Fsp3) is 0.400. The Hall–Kier alpha value is -1.81. The molecule has 1 aromatic rings. The maximum absolute atomic E-state index is 11.8. The van der Waals surface area contributed by atoms with Crippen molar-refractivity contribution in [3.05, 3.63) is 48.0 Å². The highest BCUT2D eigenvalue weighted by Gasteiger charge is 2.22. The van der Waals surface area contributed by atoms with Crippen molar-refractivity contribution >= 4 is 6.09 Å². The van der Waals surface area contributed by atoms with Gasteiger partial charge in [-0.3, -0.25) is 0 Å². The number of hydrogen-bond donors (Lipinski definition) is 2. The third-order valence-electron chi connectivity index (χ3n) is 3.32. The smallest absolute Gasteiger partial charge is 0.407 e. The van der Waals surface area contributed by atoms with Crippen molar-refractivity contribution in [2.45, 2.75) is 31.5 Å². The summed E-state index contributed by atoms with van der Waals surface area (Å²) in [6.45, 7) is 0.305. The highest BCUT2D eigenvalue weighted by atomic mass is 16.5. The summed E-state index contributed by atoms with van der Waals surface area (Å²) < 4.78 is 5.22. The first kappa shape index (κ1) is 13.6. The standard InChI is InChI=1S/C15H20N2O2/c1-16-13-9-5-6-10-14(13)17-15(18)19-11-12-7-3-2-4-8-12/h2-8,13-14,16H,9-11H2,1H3,(H,17,18)/t13-,14+/m1/s1. The Morgan fingerprint density at radius 3 is 2.58 bits per heavy atom. The average molecular weight is 260 g/mol. The fourth-order valence-electron chi connectivity index (χ4n) is 2.21. The van der Waals surface area contributed by atoms with Crippen LogP contribution in [0.3, 0.4) is 0 Å². The predicted octanol–water partition coefficient (Wildman–Crippen LogP) is 2.22. The van der Waals surface area contributed by atoms with Crippen molar-refractivity contribution in [1.29, 1.82) is 0 Å². The van der Waals surface area contributed by atoms with E-state index in [1.54, 1.807) is 0 Å². The highest BCUT2D eigenvalue weighted by Crippen LogP contribution is 2.12. The Morgan fingerprint density at radius 1 is 1.21 bits per heavy atom. The first-order chi connectivity index (χ1) is 9.29. The van der Waals surface area contributed by atoms with Crippen LogP contribution in [0, 0.1) is 0 Å². The van der Waals surface area contributed by atoms with Gasteiger partial charge in [0.25, 0.3) is 0 Å². The lowest BCUT2D eigenvalue weighted by Crippen LogP contribution is -2.49. The van der Waals surface area contributed by atoms with Crippen molar-refractivity contribution in [3.63, 3.8) is 0 Å². The number of carbonyl (C=O) groups excluding carboxylic acids is 1. The zero-order valence-electron chi connectivity index (χ0n) is 11.1. The molecule has 1 aliphatic carbocycles. The van der Waals surface area contributed by atoms with Gasteiger partial charge in [0.1, 0.15) is 6.61 Å². The van der Waals surface area contributed by atoms with Crippen molar-refractivity contribution in [3.8, 4) is 0 Å². The molecule has 102 valence electrons. The van der Waals surface area contributed by atoms with E-state index < -0.39 is 0 Å². The van der Waals surface area contributed by atoms with E-state index in [-0.39, 0.29) is 18.2 Å². The summed E-state index contributed by atoms with van der Waals surface area (Å²) in [7, 11) is 1.91. The summed E-state index contributed by atoms with van der Waals surface area (Å²) in [6.07, 6.45) is 5.64. The number of likely N-dealkylation sites (N-methyl/N-ethyl adjacent to an activating group) is 1. The van der Waals surface area contributed by atoms with E-state index in [4.69, 9.17) is 4.74 Å². The fourth-order valence-corrected chi connectivity index (χ4v) is 2.21. The quantitative estimate of drug-likeness (QED) is 0.816. The van der Waals surface area contributed by atoms with E-state index in [0.29, 0.717) is 6.61 Å². The lowest BCUT2D eigenvalue weighted by atomic mass is 9.96. The minimum atomic E-state index is -0.357. The molecule has 0 radical (unpaired) electrons. The minimum absolute atomic E-state index is 0.0956. The normalized spacial score (nSPS) is 21.9. The Balaban J connectivity index is 1.79. The molecular weight excluding hydrogens is 240 g/mol. The number of amides is 1. The van der Waals surface area contributed by atoms with Crippen molar-refractivity contribution in [2.75, 3.05) is 7.05 Å². The van der Waals surface area contributed by atoms with Crippen molar-refractivity contribution < 1.29 is 9.53 Å². The van der Waals surface area contributed by atoms with Crippen LogP contribution in [0.2, 0.25) is 0 Å². The molecule has 2 N–H and O–H groups in total. The summed E-state index contributed by atoms with van der Waals surface area (Å²) in [5.74, 6) is 0. The van der Waals surface area contributed by atoms with E-state index >= 15 is 0 Å². The number of rotatable bonds is 4. The zero-order valence-corrected chi connectivity index (χ0v) is 11.1. The first-order valence-electron chi connectivity index (χ1n) is 6.59. The molecule has 1 aliphatic rings. The van der Waals surface area contributed by atoms with Crippen LogP contribution in [0.5, 0.6) is 0 Å². The average Bonchev–Trinajstić information content (AvgIpc) is 2.47. The van der Waals surface area contributed by atoms with Crippen LogP contribution >= 0.6 is 0 Å². The van der Waals surface area contributed by atoms with E-state index in [2.05, 4.69) is 22.8 Å². The van der Waals surface area contributed by atoms with Crippen LogP contribution in [0.1, 0.15) is 18.4 Å². The number of ether oxygens (including phenoxy) is 1. The van der Waals surface area contributed by atoms with Gasteiger partial charge < -0.3 is 15.4 Å². The Labute approximate surface area is 113 Å². The molecule has 0 saturated heterocycles. The van der Waals surface area contributed by atoms with Crippen LogP contribution in [-0.2, 0) is 11.3 Å². The molecule has 0 aliphatic heterocycles. The third-order valence-corrected chi connectivity index (χ3v) is 3.32. The van der Waals surface area contributed by atoms with E-state index in [0.717, 1.165) is 18.4 Å². The topological polar surface area (TPSA) is 50.4 Å². The van der Waals surface area contributed by atoms with Gasteiger partial charge in [0.15, 0.2) is 0 Å². The summed E-state index contributed by atoms with van der Waals surface area (Å²) >= 11 is 0. The van der Waals surface area contributed by atoms with Gasteiger partial charge in [-0.05, 0) is 25.5 Å². The van der Waals surface area contributed by atoms with Gasteiger partial charge in [0.05, 0.1) is 6.04 Å². The second kappa shape index (κ2) is 6.95. The van der Waals surface area contributed by atoms with Gasteiger partial charge in [-0.1, -0.05) is 42.5 Å². The molecule has 2 atom stereocenters. The Bertz CT molecular complexity index is 431. The molecule has 0 heterocycles. The maximum atomic E-state index is 11.8. The molecule has 0 fully saturated rings. The van der Waals surface area contributed by atoms with Crippen molar-refractivity contribution in [1.82, 2.24) is 10.6 Å². The van der Waals surface area contributed by atoms with E-state index in [1.165, 1.54) is 0 Å². The van der Waals surface area contributed by atoms with E-state index in [9.17, 15) is 4.79 Å². The molecule has 0 spiro atoms.